The first-order valence-electron chi connectivity index (χ1n) is 5.93. The monoisotopic (exact) mass is 208 g/mol. The van der Waals surface area contributed by atoms with Gasteiger partial charge < -0.3 is 5.32 Å². The topological polar surface area (TPSA) is 15.3 Å². The molecule has 2 unspecified atom stereocenters. The summed E-state index contributed by atoms with van der Waals surface area (Å²) in [6.45, 7) is 14.1. The van der Waals surface area contributed by atoms with Crippen LogP contribution in [0.2, 0.25) is 0 Å². The van der Waals surface area contributed by atoms with Gasteiger partial charge in [-0.15, -0.1) is 13.2 Å². The number of nitrogens with one attached hydrogen (secondary N) is 1. The number of nitrogens with zero attached hydrogens (tertiary/aromatic N) is 1. The fourth-order valence-electron chi connectivity index (χ4n) is 2.26. The van der Waals surface area contributed by atoms with Gasteiger partial charge in [0, 0.05) is 25.7 Å². The van der Waals surface area contributed by atoms with Gasteiger partial charge in [-0.2, -0.15) is 0 Å². The third-order valence-corrected chi connectivity index (χ3v) is 3.01. The van der Waals surface area contributed by atoms with Crippen molar-refractivity contribution in [1.29, 1.82) is 0 Å². The van der Waals surface area contributed by atoms with E-state index in [1.165, 1.54) is 19.4 Å². The van der Waals surface area contributed by atoms with Crippen LogP contribution < -0.4 is 5.32 Å². The van der Waals surface area contributed by atoms with Crippen molar-refractivity contribution in [3.05, 3.63) is 25.3 Å². The van der Waals surface area contributed by atoms with Crippen molar-refractivity contribution >= 4 is 0 Å². The van der Waals surface area contributed by atoms with Crippen LogP contribution in [-0.4, -0.2) is 37.1 Å². The Morgan fingerprint density at radius 2 is 2.00 bits per heavy atom. The number of hydrogen-bond acceptors (Lipinski definition) is 2. The lowest BCUT2D eigenvalue weighted by molar-refractivity contribution is 0.234. The normalized spacial score (nSPS) is 26.5. The van der Waals surface area contributed by atoms with E-state index in [1.807, 2.05) is 12.2 Å². The minimum Gasteiger partial charge on any atom is -0.313 e. The molecule has 1 heterocycles. The van der Waals surface area contributed by atoms with Crippen molar-refractivity contribution in [3.8, 4) is 0 Å². The van der Waals surface area contributed by atoms with Crippen molar-refractivity contribution < 1.29 is 0 Å². The smallest absolute Gasteiger partial charge is 0.0197 e. The highest BCUT2D eigenvalue weighted by Crippen LogP contribution is 2.15. The summed E-state index contributed by atoms with van der Waals surface area (Å²) in [5.41, 5.74) is 0. The van der Waals surface area contributed by atoms with E-state index in [0.717, 1.165) is 25.6 Å². The van der Waals surface area contributed by atoms with Crippen LogP contribution in [0.3, 0.4) is 0 Å². The molecule has 0 radical (unpaired) electrons. The molecule has 0 saturated carbocycles. The highest BCUT2D eigenvalue weighted by molar-refractivity contribution is 4.85. The van der Waals surface area contributed by atoms with Gasteiger partial charge >= 0.3 is 0 Å². The maximum atomic E-state index is 3.79. The van der Waals surface area contributed by atoms with Crippen LogP contribution in [0.15, 0.2) is 25.3 Å². The molecule has 1 aliphatic heterocycles. The van der Waals surface area contributed by atoms with Crippen LogP contribution in [0.1, 0.15) is 19.8 Å². The van der Waals surface area contributed by atoms with Crippen molar-refractivity contribution in [2.24, 2.45) is 5.92 Å². The van der Waals surface area contributed by atoms with E-state index in [9.17, 15) is 0 Å². The summed E-state index contributed by atoms with van der Waals surface area (Å²) in [4.78, 5) is 2.38. The summed E-state index contributed by atoms with van der Waals surface area (Å²) in [7, 11) is 0. The largest absolute Gasteiger partial charge is 0.313 e. The molecule has 1 saturated heterocycles. The van der Waals surface area contributed by atoms with Gasteiger partial charge in [0.05, 0.1) is 0 Å². The maximum Gasteiger partial charge on any atom is 0.0197 e. The average molecular weight is 208 g/mol. The first-order chi connectivity index (χ1) is 7.26. The van der Waals surface area contributed by atoms with Crippen LogP contribution in [0.4, 0.5) is 0 Å². The second kappa shape index (κ2) is 6.81. The highest BCUT2D eigenvalue weighted by Gasteiger charge is 2.19. The van der Waals surface area contributed by atoms with Gasteiger partial charge in [-0.25, -0.2) is 0 Å². The predicted molar refractivity (Wildman–Crippen MR) is 67.0 cm³/mol. The zero-order chi connectivity index (χ0) is 11.1. The Bertz CT molecular complexity index is 191. The molecule has 0 aliphatic carbocycles. The fraction of sp³-hybridized carbons (Fsp3) is 0.692. The Kier molecular flexibility index (Phi) is 5.66. The van der Waals surface area contributed by atoms with Gasteiger partial charge in [0.2, 0.25) is 0 Å². The fourth-order valence-corrected chi connectivity index (χ4v) is 2.26. The van der Waals surface area contributed by atoms with E-state index in [1.54, 1.807) is 0 Å². The summed E-state index contributed by atoms with van der Waals surface area (Å²) in [6, 6.07) is 0.647. The quantitative estimate of drug-likeness (QED) is 0.672. The molecule has 15 heavy (non-hydrogen) atoms. The minimum absolute atomic E-state index is 0.647. The maximum absolute atomic E-state index is 3.79. The molecule has 0 amide bonds. The zero-order valence-corrected chi connectivity index (χ0v) is 9.91. The van der Waals surface area contributed by atoms with Gasteiger partial charge in [-0.05, 0) is 25.3 Å². The molecule has 1 fully saturated rings. The second-order valence-corrected chi connectivity index (χ2v) is 4.58. The molecular weight excluding hydrogens is 184 g/mol. The number of piperidine rings is 1. The van der Waals surface area contributed by atoms with Gasteiger partial charge in [-0.3, -0.25) is 4.90 Å². The number of hydrogen-bond donors (Lipinski definition) is 1. The molecule has 0 aromatic heterocycles. The Morgan fingerprint density at radius 3 is 2.53 bits per heavy atom. The summed E-state index contributed by atoms with van der Waals surface area (Å²) in [5, 5.41) is 3.59. The SMILES string of the molecule is C=CCN(CC=C)CC1CC(C)CCN1. The van der Waals surface area contributed by atoms with Crippen LogP contribution in [0.5, 0.6) is 0 Å². The summed E-state index contributed by atoms with van der Waals surface area (Å²) >= 11 is 0. The molecular formula is C13H24N2. The molecule has 86 valence electrons. The van der Waals surface area contributed by atoms with Gasteiger partial charge in [0.15, 0.2) is 0 Å². The molecule has 1 aliphatic rings. The van der Waals surface area contributed by atoms with E-state index in [0.29, 0.717) is 6.04 Å². The van der Waals surface area contributed by atoms with Crippen LogP contribution in [0.25, 0.3) is 0 Å². The first-order valence-corrected chi connectivity index (χ1v) is 5.93. The lowest BCUT2D eigenvalue weighted by Crippen LogP contribution is -2.45. The standard InChI is InChI=1S/C13H24N2/c1-4-8-15(9-5-2)11-13-10-12(3)6-7-14-13/h4-5,12-14H,1-2,6-11H2,3H3. The Labute approximate surface area is 94.0 Å². The second-order valence-electron chi connectivity index (χ2n) is 4.58. The molecule has 0 bridgehead atoms. The molecule has 2 nitrogen and oxygen atoms in total. The molecule has 2 heteroatoms. The van der Waals surface area contributed by atoms with Crippen molar-refractivity contribution in [2.45, 2.75) is 25.8 Å². The molecule has 1 N–H and O–H groups in total. The van der Waals surface area contributed by atoms with E-state index in [-0.39, 0.29) is 0 Å². The van der Waals surface area contributed by atoms with Crippen molar-refractivity contribution in [2.75, 3.05) is 26.2 Å². The molecule has 0 aromatic carbocycles. The van der Waals surface area contributed by atoms with E-state index in [2.05, 4.69) is 30.3 Å². The summed E-state index contributed by atoms with van der Waals surface area (Å²) < 4.78 is 0. The molecule has 1 rings (SSSR count). The molecule has 2 atom stereocenters. The zero-order valence-electron chi connectivity index (χ0n) is 9.91. The Hall–Kier alpha value is -0.600. The van der Waals surface area contributed by atoms with Crippen molar-refractivity contribution in [3.63, 3.8) is 0 Å². The third kappa shape index (κ3) is 4.63. The Balaban J connectivity index is 2.34. The Morgan fingerprint density at radius 1 is 1.33 bits per heavy atom. The molecule has 0 spiro atoms. The lowest BCUT2D eigenvalue weighted by atomic mass is 9.94. The highest BCUT2D eigenvalue weighted by atomic mass is 15.1. The van der Waals surface area contributed by atoms with E-state index < -0.39 is 0 Å². The lowest BCUT2D eigenvalue weighted by Gasteiger charge is -2.32. The van der Waals surface area contributed by atoms with E-state index >= 15 is 0 Å². The van der Waals surface area contributed by atoms with Crippen LogP contribution >= 0.6 is 0 Å². The van der Waals surface area contributed by atoms with Crippen LogP contribution in [-0.2, 0) is 0 Å². The summed E-state index contributed by atoms with van der Waals surface area (Å²) in [6.07, 6.45) is 6.55. The average Bonchev–Trinajstić information content (AvgIpc) is 2.18. The third-order valence-electron chi connectivity index (χ3n) is 3.01. The van der Waals surface area contributed by atoms with Crippen LogP contribution in [0, 0.1) is 5.92 Å². The van der Waals surface area contributed by atoms with Gasteiger partial charge in [0.1, 0.15) is 0 Å². The number of rotatable bonds is 6. The van der Waals surface area contributed by atoms with Gasteiger partial charge in [0.25, 0.3) is 0 Å². The van der Waals surface area contributed by atoms with Gasteiger partial charge in [-0.1, -0.05) is 19.1 Å². The summed E-state index contributed by atoms with van der Waals surface area (Å²) in [5.74, 6) is 0.866. The first kappa shape index (κ1) is 12.5. The minimum atomic E-state index is 0.647. The predicted octanol–water partition coefficient (Wildman–Crippen LogP) is 2.05. The molecule has 0 aromatic rings. The van der Waals surface area contributed by atoms with E-state index in [4.69, 9.17) is 0 Å². The van der Waals surface area contributed by atoms with Crippen molar-refractivity contribution in [1.82, 2.24) is 10.2 Å².